The molecule has 0 aromatic carbocycles. The van der Waals surface area contributed by atoms with E-state index in [9.17, 15) is 0 Å². The van der Waals surface area contributed by atoms with E-state index in [0.717, 1.165) is 24.3 Å². The quantitative estimate of drug-likeness (QED) is 0.775. The lowest BCUT2D eigenvalue weighted by Crippen LogP contribution is -2.51. The number of aromatic nitrogens is 1. The molecule has 2 unspecified atom stereocenters. The summed E-state index contributed by atoms with van der Waals surface area (Å²) in [5.74, 6) is 0. The SMILES string of the molecule is NCc1cc(N2CC3CCC(C2)N3)cnc1Cl. The Hall–Kier alpha value is -0.840. The van der Waals surface area contributed by atoms with Gasteiger partial charge in [0.1, 0.15) is 5.15 Å². The number of nitrogens with zero attached hydrogens (tertiary/aromatic N) is 2. The number of rotatable bonds is 2. The summed E-state index contributed by atoms with van der Waals surface area (Å²) in [6.07, 6.45) is 4.42. The van der Waals surface area contributed by atoms with E-state index in [1.165, 1.54) is 12.8 Å². The predicted octanol–water partition coefficient (Wildman–Crippen LogP) is 1.13. The third-order valence-electron chi connectivity index (χ3n) is 3.70. The first-order valence-corrected chi connectivity index (χ1v) is 6.49. The van der Waals surface area contributed by atoms with E-state index >= 15 is 0 Å². The average molecular weight is 253 g/mol. The first-order valence-electron chi connectivity index (χ1n) is 6.12. The van der Waals surface area contributed by atoms with Crippen LogP contribution in [0.1, 0.15) is 18.4 Å². The van der Waals surface area contributed by atoms with Crippen LogP contribution in [-0.2, 0) is 6.54 Å². The van der Waals surface area contributed by atoms with Crippen LogP contribution in [0.2, 0.25) is 5.15 Å². The first-order chi connectivity index (χ1) is 8.26. The van der Waals surface area contributed by atoms with Crippen molar-refractivity contribution in [2.24, 2.45) is 5.73 Å². The molecule has 2 atom stereocenters. The molecule has 1 aromatic rings. The smallest absolute Gasteiger partial charge is 0.133 e. The molecule has 2 aliphatic heterocycles. The number of halogens is 1. The maximum absolute atomic E-state index is 5.98. The van der Waals surface area contributed by atoms with Crippen LogP contribution < -0.4 is 16.0 Å². The minimum absolute atomic E-state index is 0.443. The fraction of sp³-hybridized carbons (Fsp3) is 0.583. The van der Waals surface area contributed by atoms with Gasteiger partial charge in [0.2, 0.25) is 0 Å². The third kappa shape index (κ3) is 2.12. The van der Waals surface area contributed by atoms with E-state index in [0.29, 0.717) is 23.8 Å². The standard InChI is InChI=1S/C12H17ClN4/c13-12-8(4-14)3-11(5-15-12)17-6-9-1-2-10(7-17)16-9/h3,5,9-10,16H,1-2,4,6-7,14H2. The highest BCUT2D eigenvalue weighted by Crippen LogP contribution is 2.26. The monoisotopic (exact) mass is 252 g/mol. The summed E-state index contributed by atoms with van der Waals surface area (Å²) in [5.41, 5.74) is 7.73. The van der Waals surface area contributed by atoms with Crippen molar-refractivity contribution in [3.63, 3.8) is 0 Å². The molecule has 0 saturated carbocycles. The summed E-state index contributed by atoms with van der Waals surface area (Å²) < 4.78 is 0. The van der Waals surface area contributed by atoms with Crippen LogP contribution >= 0.6 is 11.6 Å². The molecular formula is C12H17ClN4. The number of nitrogens with two attached hydrogens (primary N) is 1. The van der Waals surface area contributed by atoms with E-state index < -0.39 is 0 Å². The van der Waals surface area contributed by atoms with E-state index in [-0.39, 0.29) is 0 Å². The number of fused-ring (bicyclic) bond motifs is 2. The molecule has 4 nitrogen and oxygen atoms in total. The largest absolute Gasteiger partial charge is 0.367 e. The maximum Gasteiger partial charge on any atom is 0.133 e. The Balaban J connectivity index is 1.84. The van der Waals surface area contributed by atoms with Gasteiger partial charge in [-0.15, -0.1) is 0 Å². The number of anilines is 1. The van der Waals surface area contributed by atoms with Crippen molar-refractivity contribution >= 4 is 17.3 Å². The lowest BCUT2D eigenvalue weighted by molar-refractivity contribution is 0.465. The normalized spacial score (nSPS) is 27.5. The van der Waals surface area contributed by atoms with Crippen molar-refractivity contribution in [2.45, 2.75) is 31.5 Å². The highest BCUT2D eigenvalue weighted by atomic mass is 35.5. The molecule has 3 rings (SSSR count). The number of hydrogen-bond donors (Lipinski definition) is 2. The molecule has 2 saturated heterocycles. The molecule has 0 radical (unpaired) electrons. The zero-order valence-electron chi connectivity index (χ0n) is 9.69. The number of pyridine rings is 1. The summed E-state index contributed by atoms with van der Waals surface area (Å²) >= 11 is 5.98. The van der Waals surface area contributed by atoms with Gasteiger partial charge in [0.25, 0.3) is 0 Å². The molecule has 0 aliphatic carbocycles. The van der Waals surface area contributed by atoms with Gasteiger partial charge in [-0.05, 0) is 18.9 Å². The molecule has 92 valence electrons. The molecule has 1 aromatic heterocycles. The second kappa shape index (κ2) is 4.44. The molecule has 17 heavy (non-hydrogen) atoms. The van der Waals surface area contributed by atoms with Gasteiger partial charge in [-0.1, -0.05) is 11.6 Å². The third-order valence-corrected chi connectivity index (χ3v) is 4.04. The second-order valence-electron chi connectivity index (χ2n) is 4.89. The molecule has 0 spiro atoms. The molecule has 3 heterocycles. The van der Waals surface area contributed by atoms with E-state index in [4.69, 9.17) is 17.3 Å². The summed E-state index contributed by atoms with van der Waals surface area (Å²) in [6.45, 7) is 2.56. The van der Waals surface area contributed by atoms with Crippen LogP contribution in [0.15, 0.2) is 12.3 Å². The van der Waals surface area contributed by atoms with E-state index in [1.54, 1.807) is 0 Å². The average Bonchev–Trinajstić information content (AvgIpc) is 2.69. The summed E-state index contributed by atoms with van der Waals surface area (Å²) in [7, 11) is 0. The minimum Gasteiger partial charge on any atom is -0.367 e. The Bertz CT molecular complexity index is 411. The van der Waals surface area contributed by atoms with E-state index in [2.05, 4.69) is 21.3 Å². The zero-order valence-corrected chi connectivity index (χ0v) is 10.5. The zero-order chi connectivity index (χ0) is 11.8. The Morgan fingerprint density at radius 3 is 2.76 bits per heavy atom. The van der Waals surface area contributed by atoms with Gasteiger partial charge in [-0.2, -0.15) is 0 Å². The van der Waals surface area contributed by atoms with Crippen molar-refractivity contribution < 1.29 is 0 Å². The molecule has 2 fully saturated rings. The number of hydrogen-bond acceptors (Lipinski definition) is 4. The van der Waals surface area contributed by atoms with Crippen LogP contribution in [0.25, 0.3) is 0 Å². The molecule has 2 bridgehead atoms. The van der Waals surface area contributed by atoms with Crippen molar-refractivity contribution in [1.29, 1.82) is 0 Å². The fourth-order valence-corrected chi connectivity index (χ4v) is 2.99. The molecule has 2 aliphatic rings. The van der Waals surface area contributed by atoms with Crippen molar-refractivity contribution in [1.82, 2.24) is 10.3 Å². The van der Waals surface area contributed by atoms with Crippen LogP contribution in [0.4, 0.5) is 5.69 Å². The lowest BCUT2D eigenvalue weighted by atomic mass is 10.2. The highest BCUT2D eigenvalue weighted by molar-refractivity contribution is 6.30. The maximum atomic E-state index is 5.98. The van der Waals surface area contributed by atoms with E-state index in [1.807, 2.05) is 6.20 Å². The van der Waals surface area contributed by atoms with Crippen LogP contribution in [-0.4, -0.2) is 30.2 Å². The van der Waals surface area contributed by atoms with Crippen LogP contribution in [0.5, 0.6) is 0 Å². The van der Waals surface area contributed by atoms with Gasteiger partial charge >= 0.3 is 0 Å². The van der Waals surface area contributed by atoms with Crippen LogP contribution in [0.3, 0.4) is 0 Å². The van der Waals surface area contributed by atoms with Crippen molar-refractivity contribution in [3.05, 3.63) is 23.0 Å². The summed E-state index contributed by atoms with van der Waals surface area (Å²) in [5, 5.41) is 4.14. The van der Waals surface area contributed by atoms with Gasteiger partial charge in [-0.3, -0.25) is 0 Å². The number of nitrogens with one attached hydrogen (secondary N) is 1. The highest BCUT2D eigenvalue weighted by Gasteiger charge is 2.32. The predicted molar refractivity (Wildman–Crippen MR) is 69.3 cm³/mol. The van der Waals surface area contributed by atoms with Gasteiger partial charge in [0.05, 0.1) is 11.9 Å². The molecule has 3 N–H and O–H groups in total. The molecular weight excluding hydrogens is 236 g/mol. The summed E-state index contributed by atoms with van der Waals surface area (Å²) in [4.78, 5) is 6.61. The van der Waals surface area contributed by atoms with Crippen molar-refractivity contribution in [3.8, 4) is 0 Å². The van der Waals surface area contributed by atoms with Crippen molar-refractivity contribution in [2.75, 3.05) is 18.0 Å². The van der Waals surface area contributed by atoms with Gasteiger partial charge in [0, 0.05) is 37.3 Å². The molecule has 5 heteroatoms. The van der Waals surface area contributed by atoms with Gasteiger partial charge in [0.15, 0.2) is 0 Å². The van der Waals surface area contributed by atoms with Gasteiger partial charge in [-0.25, -0.2) is 4.98 Å². The number of piperazine rings is 1. The fourth-order valence-electron chi connectivity index (χ4n) is 2.80. The lowest BCUT2D eigenvalue weighted by Gasteiger charge is -2.34. The Labute approximate surface area is 106 Å². The first kappa shape index (κ1) is 11.3. The summed E-state index contributed by atoms with van der Waals surface area (Å²) in [6, 6.07) is 3.33. The second-order valence-corrected chi connectivity index (χ2v) is 5.25. The topological polar surface area (TPSA) is 54.2 Å². The molecule has 0 amide bonds. The van der Waals surface area contributed by atoms with Crippen LogP contribution in [0, 0.1) is 0 Å². The Kier molecular flexibility index (Phi) is 2.94. The Morgan fingerprint density at radius 1 is 1.41 bits per heavy atom. The van der Waals surface area contributed by atoms with Gasteiger partial charge < -0.3 is 16.0 Å². The Morgan fingerprint density at radius 2 is 2.12 bits per heavy atom. The minimum atomic E-state index is 0.443.